The molecule has 9 heteroatoms. The molecule has 2 aromatic carbocycles. The van der Waals surface area contributed by atoms with Crippen LogP contribution in [-0.2, 0) is 9.47 Å². The predicted octanol–water partition coefficient (Wildman–Crippen LogP) is 4.70. The fourth-order valence-corrected chi connectivity index (χ4v) is 4.81. The summed E-state index contributed by atoms with van der Waals surface area (Å²) in [7, 11) is 0. The van der Waals surface area contributed by atoms with Gasteiger partial charge >= 0.3 is 6.09 Å². The number of nitrogens with zero attached hydrogens (tertiary/aromatic N) is 4. The number of ether oxygens (including phenoxy) is 3. The molecule has 6 rings (SSSR count). The summed E-state index contributed by atoms with van der Waals surface area (Å²) in [6, 6.07) is 16.3. The maximum absolute atomic E-state index is 12.1. The topological polar surface area (TPSA) is 90.7 Å². The highest BCUT2D eigenvalue weighted by molar-refractivity contribution is 5.92. The van der Waals surface area contributed by atoms with Gasteiger partial charge in [0.1, 0.15) is 23.5 Å². The molecule has 9 nitrogen and oxygen atoms in total. The van der Waals surface area contributed by atoms with Crippen molar-refractivity contribution in [3.63, 3.8) is 0 Å². The van der Waals surface area contributed by atoms with Crippen molar-refractivity contribution in [2.45, 2.75) is 39.3 Å². The van der Waals surface area contributed by atoms with E-state index in [1.165, 1.54) is 0 Å². The second-order valence-electron chi connectivity index (χ2n) is 11.6. The summed E-state index contributed by atoms with van der Waals surface area (Å²) >= 11 is 0. The number of amides is 1. The number of para-hydroxylation sites is 1. The Morgan fingerprint density at radius 2 is 1.97 bits per heavy atom. The van der Waals surface area contributed by atoms with Gasteiger partial charge in [0.15, 0.2) is 0 Å². The lowest BCUT2D eigenvalue weighted by Gasteiger charge is -2.41. The highest BCUT2D eigenvalue weighted by atomic mass is 16.6. The van der Waals surface area contributed by atoms with E-state index in [9.17, 15) is 4.79 Å². The highest BCUT2D eigenvalue weighted by Crippen LogP contribution is 2.31. The van der Waals surface area contributed by atoms with E-state index >= 15 is 0 Å². The molecule has 2 aromatic heterocycles. The first-order chi connectivity index (χ1) is 18.2. The van der Waals surface area contributed by atoms with Crippen LogP contribution in [-0.4, -0.2) is 65.2 Å². The summed E-state index contributed by atoms with van der Waals surface area (Å²) in [6.07, 6.45) is 1.42. The third kappa shape index (κ3) is 4.86. The lowest BCUT2D eigenvalue weighted by molar-refractivity contribution is -0.120. The molecule has 38 heavy (non-hydrogen) atoms. The maximum atomic E-state index is 12.1. The van der Waals surface area contributed by atoms with Crippen LogP contribution in [0.1, 0.15) is 27.7 Å². The van der Waals surface area contributed by atoms with Gasteiger partial charge < -0.3 is 24.4 Å². The number of nitrogens with one attached hydrogen (secondary N) is 1. The Balaban J connectivity index is 1.20. The molecule has 0 bridgehead atoms. The first-order valence-electron chi connectivity index (χ1n) is 13.0. The van der Waals surface area contributed by atoms with Crippen LogP contribution in [0.2, 0.25) is 0 Å². The van der Waals surface area contributed by atoms with E-state index in [1.54, 1.807) is 6.33 Å². The van der Waals surface area contributed by atoms with E-state index in [2.05, 4.69) is 40.3 Å². The van der Waals surface area contributed by atoms with Gasteiger partial charge in [-0.05, 0) is 51.1 Å². The Labute approximate surface area is 221 Å². The van der Waals surface area contributed by atoms with Gasteiger partial charge in [-0.25, -0.2) is 14.8 Å². The minimum Gasteiger partial charge on any atom is -0.493 e. The standard InChI is InChI=1S/C29H33N5O4/c1-28(2,3)38-27(35)31-20-13-33(14-20)24-7-5-6-19-8-11-25(32-26(19)24)34-18-30-22-12-21(9-10-23(22)34)37-17-29(4)15-36-16-29/h5-12,18,20H,13-17H2,1-4H3,(H,31,35). The number of rotatable bonds is 6. The number of aromatic nitrogens is 3. The first-order valence-corrected chi connectivity index (χ1v) is 13.0. The van der Waals surface area contributed by atoms with E-state index in [0.717, 1.165) is 52.4 Å². The number of pyridine rings is 1. The van der Waals surface area contributed by atoms with Crippen LogP contribution >= 0.6 is 0 Å². The Bertz CT molecular complexity index is 1500. The summed E-state index contributed by atoms with van der Waals surface area (Å²) in [4.78, 5) is 24.0. The van der Waals surface area contributed by atoms with Crippen molar-refractivity contribution >= 4 is 33.7 Å². The van der Waals surface area contributed by atoms with Crippen molar-refractivity contribution < 1.29 is 19.0 Å². The number of benzene rings is 2. The first kappa shape index (κ1) is 24.5. The normalized spacial score (nSPS) is 17.2. The smallest absolute Gasteiger partial charge is 0.407 e. The highest BCUT2D eigenvalue weighted by Gasteiger charge is 2.34. The predicted molar refractivity (Wildman–Crippen MR) is 146 cm³/mol. The minimum atomic E-state index is -0.515. The van der Waals surface area contributed by atoms with Crippen LogP contribution in [0, 0.1) is 5.41 Å². The molecule has 1 amide bonds. The van der Waals surface area contributed by atoms with Gasteiger partial charge in [0.25, 0.3) is 0 Å². The van der Waals surface area contributed by atoms with Crippen molar-refractivity contribution in [2.75, 3.05) is 37.8 Å². The van der Waals surface area contributed by atoms with Gasteiger partial charge in [-0.1, -0.05) is 19.1 Å². The largest absolute Gasteiger partial charge is 0.493 e. The summed E-state index contributed by atoms with van der Waals surface area (Å²) in [5.41, 5.74) is 3.35. The molecule has 198 valence electrons. The number of anilines is 1. The van der Waals surface area contributed by atoms with Gasteiger partial charge in [0, 0.05) is 30.0 Å². The lowest BCUT2D eigenvalue weighted by atomic mass is 9.90. The van der Waals surface area contributed by atoms with Crippen molar-refractivity contribution in [3.05, 3.63) is 54.9 Å². The third-order valence-corrected chi connectivity index (χ3v) is 6.88. The average molecular weight is 516 g/mol. The molecule has 4 heterocycles. The Morgan fingerprint density at radius 1 is 1.16 bits per heavy atom. The molecule has 0 unspecified atom stereocenters. The Morgan fingerprint density at radius 3 is 2.71 bits per heavy atom. The lowest BCUT2D eigenvalue weighted by Crippen LogP contribution is -2.60. The zero-order valence-corrected chi connectivity index (χ0v) is 22.2. The SMILES string of the molecule is CC1(COc2ccc3c(c2)ncn3-c2ccc3cccc(N4CC(NC(=O)OC(C)(C)C)C4)c3n2)COC1. The molecule has 0 radical (unpaired) electrons. The molecule has 0 spiro atoms. The number of alkyl carbamates (subject to hydrolysis) is 1. The van der Waals surface area contributed by atoms with Gasteiger partial charge in [-0.2, -0.15) is 0 Å². The second-order valence-corrected chi connectivity index (χ2v) is 11.6. The number of fused-ring (bicyclic) bond motifs is 2. The van der Waals surface area contributed by atoms with Gasteiger partial charge in [0.05, 0.1) is 48.1 Å². The molecule has 0 atom stereocenters. The fourth-order valence-electron chi connectivity index (χ4n) is 4.81. The van der Waals surface area contributed by atoms with E-state index in [4.69, 9.17) is 19.2 Å². The third-order valence-electron chi connectivity index (χ3n) is 6.88. The molecule has 4 aromatic rings. The zero-order valence-electron chi connectivity index (χ0n) is 22.2. The monoisotopic (exact) mass is 515 g/mol. The van der Waals surface area contributed by atoms with Crippen molar-refractivity contribution in [3.8, 4) is 11.6 Å². The molecule has 2 fully saturated rings. The van der Waals surface area contributed by atoms with Crippen LogP contribution in [0.3, 0.4) is 0 Å². The molecular weight excluding hydrogens is 482 g/mol. The van der Waals surface area contributed by atoms with Crippen LogP contribution in [0.25, 0.3) is 27.8 Å². The molecule has 2 saturated heterocycles. The number of hydrogen-bond acceptors (Lipinski definition) is 7. The van der Waals surface area contributed by atoms with Gasteiger partial charge in [0.2, 0.25) is 0 Å². The molecular formula is C29H33N5O4. The Hall–Kier alpha value is -3.85. The average Bonchev–Trinajstić information content (AvgIpc) is 3.25. The maximum Gasteiger partial charge on any atom is 0.407 e. The van der Waals surface area contributed by atoms with Crippen LogP contribution < -0.4 is 15.0 Å². The molecule has 1 N–H and O–H groups in total. The molecule has 0 saturated carbocycles. The van der Waals surface area contributed by atoms with Gasteiger partial charge in [-0.15, -0.1) is 0 Å². The van der Waals surface area contributed by atoms with E-state index in [0.29, 0.717) is 19.7 Å². The summed E-state index contributed by atoms with van der Waals surface area (Å²) < 4.78 is 18.7. The van der Waals surface area contributed by atoms with Crippen LogP contribution in [0.4, 0.5) is 10.5 Å². The summed E-state index contributed by atoms with van der Waals surface area (Å²) in [5.74, 6) is 1.60. The number of imidazole rings is 1. The van der Waals surface area contributed by atoms with Crippen molar-refractivity contribution in [1.29, 1.82) is 0 Å². The fraction of sp³-hybridized carbons (Fsp3) is 0.414. The zero-order chi connectivity index (χ0) is 26.5. The van der Waals surface area contributed by atoms with Gasteiger partial charge in [-0.3, -0.25) is 4.57 Å². The molecule has 2 aliphatic rings. The van der Waals surface area contributed by atoms with Crippen molar-refractivity contribution in [1.82, 2.24) is 19.9 Å². The number of hydrogen-bond donors (Lipinski definition) is 1. The summed E-state index contributed by atoms with van der Waals surface area (Å²) in [5, 5.41) is 4.01. The number of carbonyl (C=O) groups excluding carboxylic acids is 1. The quantitative estimate of drug-likeness (QED) is 0.398. The molecule has 0 aliphatic carbocycles. The molecule has 2 aliphatic heterocycles. The minimum absolute atomic E-state index is 0.0386. The van der Waals surface area contributed by atoms with Crippen molar-refractivity contribution in [2.24, 2.45) is 5.41 Å². The van der Waals surface area contributed by atoms with E-state index in [-0.39, 0.29) is 17.6 Å². The Kier molecular flexibility index (Phi) is 5.90. The number of carbonyl (C=O) groups is 1. The van der Waals surface area contributed by atoms with E-state index < -0.39 is 5.60 Å². The second kappa shape index (κ2) is 9.16. The van der Waals surface area contributed by atoms with Crippen LogP contribution in [0.5, 0.6) is 5.75 Å². The van der Waals surface area contributed by atoms with E-state index in [1.807, 2.05) is 55.7 Å². The summed E-state index contributed by atoms with van der Waals surface area (Å²) in [6.45, 7) is 11.2. The van der Waals surface area contributed by atoms with Crippen LogP contribution in [0.15, 0.2) is 54.9 Å².